The smallest absolute Gasteiger partial charge is 0.176 e. The Kier molecular flexibility index (Phi) is 11.0. The highest BCUT2D eigenvalue weighted by Crippen LogP contribution is 2.37. The summed E-state index contributed by atoms with van der Waals surface area (Å²) in [6.45, 7) is 9.48. The number of ether oxygens (including phenoxy) is 4. The van der Waals surface area contributed by atoms with Gasteiger partial charge >= 0.3 is 0 Å². The van der Waals surface area contributed by atoms with Crippen LogP contribution < -0.4 is 9.47 Å². The highest BCUT2D eigenvalue weighted by atomic mass is 35.5. The summed E-state index contributed by atoms with van der Waals surface area (Å²) in [5.41, 5.74) is 1.23. The molecule has 0 amide bonds. The predicted molar refractivity (Wildman–Crippen MR) is 156 cm³/mol. The van der Waals surface area contributed by atoms with Gasteiger partial charge in [0.15, 0.2) is 28.8 Å². The predicted octanol–water partition coefficient (Wildman–Crippen LogP) is 4.53. The summed E-state index contributed by atoms with van der Waals surface area (Å²) in [6, 6.07) is 15.2. The molecule has 2 aliphatic heterocycles. The van der Waals surface area contributed by atoms with Crippen LogP contribution in [0.3, 0.4) is 0 Å². The molecule has 0 atom stereocenters. The van der Waals surface area contributed by atoms with E-state index < -0.39 is 6.10 Å². The monoisotopic (exact) mass is 594 g/mol. The Morgan fingerprint density at radius 2 is 1.10 bits per heavy atom. The van der Waals surface area contributed by atoms with Gasteiger partial charge in [0.05, 0.1) is 26.4 Å². The van der Waals surface area contributed by atoms with Crippen molar-refractivity contribution in [2.24, 2.45) is 0 Å². The third kappa shape index (κ3) is 7.03. The second-order valence-electron chi connectivity index (χ2n) is 9.65. The molecule has 218 valence electrons. The summed E-state index contributed by atoms with van der Waals surface area (Å²) in [6.07, 6.45) is -1.06. The SMILES string of the molecule is Cl.Cl.OC(c1cc2cccc(OCCN3CCOCC3)c2o1)c1cc2cccc(OCCN3CCOCC3)c2o1. The molecular weight excluding hydrogens is 559 g/mol. The lowest BCUT2D eigenvalue weighted by molar-refractivity contribution is 0.0322. The van der Waals surface area contributed by atoms with Gasteiger partial charge in [-0.25, -0.2) is 0 Å². The molecule has 11 heteroatoms. The Morgan fingerprint density at radius 3 is 1.52 bits per heavy atom. The minimum Gasteiger partial charge on any atom is -0.488 e. The van der Waals surface area contributed by atoms with E-state index in [0.717, 1.165) is 76.5 Å². The van der Waals surface area contributed by atoms with Crippen LogP contribution in [0.5, 0.6) is 11.5 Å². The van der Waals surface area contributed by atoms with E-state index in [9.17, 15) is 5.11 Å². The van der Waals surface area contributed by atoms with E-state index in [-0.39, 0.29) is 24.8 Å². The first-order valence-corrected chi connectivity index (χ1v) is 13.3. The van der Waals surface area contributed by atoms with Crippen molar-refractivity contribution in [1.29, 1.82) is 0 Å². The Bertz CT molecular complexity index is 1250. The van der Waals surface area contributed by atoms with Crippen molar-refractivity contribution in [3.63, 3.8) is 0 Å². The average Bonchev–Trinajstić information content (AvgIpc) is 3.60. The number of aliphatic hydroxyl groups is 1. The lowest BCUT2D eigenvalue weighted by atomic mass is 10.1. The van der Waals surface area contributed by atoms with Gasteiger partial charge in [-0.2, -0.15) is 0 Å². The zero-order chi connectivity index (χ0) is 25.7. The van der Waals surface area contributed by atoms with Crippen molar-refractivity contribution in [1.82, 2.24) is 9.80 Å². The highest BCUT2D eigenvalue weighted by Gasteiger charge is 2.22. The zero-order valence-corrected chi connectivity index (χ0v) is 23.9. The second kappa shape index (κ2) is 14.4. The normalized spacial score (nSPS) is 16.6. The van der Waals surface area contributed by atoms with Crippen molar-refractivity contribution in [3.8, 4) is 11.5 Å². The first-order chi connectivity index (χ1) is 18.7. The number of hydrogen-bond donors (Lipinski definition) is 1. The van der Waals surface area contributed by atoms with Gasteiger partial charge in [-0.3, -0.25) is 9.80 Å². The first-order valence-electron chi connectivity index (χ1n) is 13.3. The molecule has 0 spiro atoms. The van der Waals surface area contributed by atoms with Crippen LogP contribution in [0.2, 0.25) is 0 Å². The Balaban J connectivity index is 0.00000185. The van der Waals surface area contributed by atoms with Crippen molar-refractivity contribution >= 4 is 46.8 Å². The molecular formula is C29H36Cl2N2O7. The largest absolute Gasteiger partial charge is 0.488 e. The molecule has 2 aliphatic rings. The molecule has 0 unspecified atom stereocenters. The zero-order valence-electron chi connectivity index (χ0n) is 22.3. The molecule has 6 rings (SSSR count). The number of hydrogen-bond acceptors (Lipinski definition) is 9. The lowest BCUT2D eigenvalue weighted by Gasteiger charge is -2.26. The van der Waals surface area contributed by atoms with Crippen LogP contribution in [-0.4, -0.2) is 93.8 Å². The van der Waals surface area contributed by atoms with Crippen molar-refractivity contribution in [2.75, 3.05) is 78.9 Å². The fourth-order valence-electron chi connectivity index (χ4n) is 4.97. The number of rotatable bonds is 10. The number of para-hydroxylation sites is 2. The van der Waals surface area contributed by atoms with Gasteiger partial charge < -0.3 is 32.9 Å². The maximum Gasteiger partial charge on any atom is 0.176 e. The lowest BCUT2D eigenvalue weighted by Crippen LogP contribution is -2.38. The second-order valence-corrected chi connectivity index (χ2v) is 9.65. The van der Waals surface area contributed by atoms with Crippen LogP contribution in [0.25, 0.3) is 21.9 Å². The number of fused-ring (bicyclic) bond motifs is 2. The van der Waals surface area contributed by atoms with Gasteiger partial charge in [0, 0.05) is 50.0 Å². The van der Waals surface area contributed by atoms with Crippen LogP contribution in [-0.2, 0) is 9.47 Å². The molecule has 4 heterocycles. The standard InChI is InChI=1S/C29H34N2O7.2ClH/c32-27(25-19-21-3-1-5-23(28(21)37-25)35-17-11-30-7-13-33-14-8-30)26-20-22-4-2-6-24(29(22)38-26)36-18-12-31-9-15-34-16-10-31;;/h1-6,19-20,27,32H,7-18H2;2*1H. The Labute approximate surface area is 245 Å². The topological polar surface area (TPSA) is 89.9 Å². The average molecular weight is 596 g/mol. The molecule has 0 saturated carbocycles. The summed E-state index contributed by atoms with van der Waals surface area (Å²) < 4.78 is 35.1. The number of nitrogens with zero attached hydrogens (tertiary/aromatic N) is 2. The van der Waals surface area contributed by atoms with Crippen LogP contribution in [0.1, 0.15) is 17.6 Å². The molecule has 0 radical (unpaired) electrons. The fourth-order valence-corrected chi connectivity index (χ4v) is 4.97. The first kappa shape index (κ1) is 30.5. The van der Waals surface area contributed by atoms with Gasteiger partial charge in [0.2, 0.25) is 0 Å². The minimum atomic E-state index is -1.06. The van der Waals surface area contributed by atoms with Crippen molar-refractivity contribution in [2.45, 2.75) is 6.10 Å². The fraction of sp³-hybridized carbons (Fsp3) is 0.448. The molecule has 9 nitrogen and oxygen atoms in total. The van der Waals surface area contributed by atoms with E-state index in [1.165, 1.54) is 0 Å². The summed E-state index contributed by atoms with van der Waals surface area (Å²) in [4.78, 5) is 4.65. The number of halogens is 2. The van der Waals surface area contributed by atoms with Crippen molar-refractivity contribution in [3.05, 3.63) is 60.1 Å². The molecule has 2 fully saturated rings. The van der Waals surface area contributed by atoms with E-state index in [0.29, 0.717) is 47.4 Å². The van der Waals surface area contributed by atoms with Crippen LogP contribution in [0.4, 0.5) is 0 Å². The van der Waals surface area contributed by atoms with Gasteiger partial charge in [-0.15, -0.1) is 24.8 Å². The number of benzene rings is 2. The number of morpholine rings is 2. The summed E-state index contributed by atoms with van der Waals surface area (Å²) in [5.74, 6) is 2.13. The van der Waals surface area contributed by atoms with E-state index in [1.54, 1.807) is 0 Å². The van der Waals surface area contributed by atoms with E-state index >= 15 is 0 Å². The number of furan rings is 2. The van der Waals surface area contributed by atoms with Gasteiger partial charge in [0.25, 0.3) is 0 Å². The highest BCUT2D eigenvalue weighted by molar-refractivity contribution is 5.86. The molecule has 0 aliphatic carbocycles. The molecule has 40 heavy (non-hydrogen) atoms. The molecule has 0 bridgehead atoms. The third-order valence-electron chi connectivity index (χ3n) is 7.13. The van der Waals surface area contributed by atoms with E-state index in [2.05, 4.69) is 9.80 Å². The summed E-state index contributed by atoms with van der Waals surface area (Å²) in [5, 5.41) is 12.9. The maximum atomic E-state index is 11.2. The quantitative estimate of drug-likeness (QED) is 0.284. The van der Waals surface area contributed by atoms with Crippen molar-refractivity contribution < 1.29 is 32.9 Å². The van der Waals surface area contributed by atoms with Crippen LogP contribution in [0.15, 0.2) is 57.4 Å². The maximum absolute atomic E-state index is 11.2. The van der Waals surface area contributed by atoms with Crippen LogP contribution >= 0.6 is 24.8 Å². The van der Waals surface area contributed by atoms with Gasteiger partial charge in [0.1, 0.15) is 24.7 Å². The minimum absolute atomic E-state index is 0. The third-order valence-corrected chi connectivity index (χ3v) is 7.13. The number of aliphatic hydroxyl groups excluding tert-OH is 1. The Morgan fingerprint density at radius 1 is 0.675 bits per heavy atom. The summed E-state index contributed by atoms with van der Waals surface area (Å²) >= 11 is 0. The van der Waals surface area contributed by atoms with Gasteiger partial charge in [-0.05, 0) is 24.3 Å². The van der Waals surface area contributed by atoms with Gasteiger partial charge in [-0.1, -0.05) is 24.3 Å². The van der Waals surface area contributed by atoms with E-state index in [1.807, 2.05) is 48.5 Å². The molecule has 4 aromatic rings. The molecule has 2 aromatic heterocycles. The molecule has 2 aromatic carbocycles. The summed E-state index contributed by atoms with van der Waals surface area (Å²) in [7, 11) is 0. The molecule has 1 N–H and O–H groups in total. The van der Waals surface area contributed by atoms with Crippen LogP contribution in [0, 0.1) is 0 Å². The Hall–Kier alpha value is -2.50. The van der Waals surface area contributed by atoms with E-state index in [4.69, 9.17) is 27.8 Å². The molecule has 2 saturated heterocycles.